The number of rotatable bonds is 3. The number of ketones is 2. The first-order valence-corrected chi connectivity index (χ1v) is 8.56. The maximum atomic E-state index is 13.1. The summed E-state index contributed by atoms with van der Waals surface area (Å²) < 4.78 is 10.3. The van der Waals surface area contributed by atoms with E-state index < -0.39 is 5.97 Å². The second-order valence-electron chi connectivity index (χ2n) is 6.22. The van der Waals surface area contributed by atoms with Crippen molar-refractivity contribution in [2.45, 2.75) is 6.92 Å². The normalized spacial score (nSPS) is 12.5. The average Bonchev–Trinajstić information content (AvgIpc) is 2.70. The summed E-state index contributed by atoms with van der Waals surface area (Å²) in [6.45, 7) is 2.08. The molecule has 0 aliphatic heterocycles. The van der Waals surface area contributed by atoms with E-state index in [1.54, 1.807) is 19.1 Å². The summed E-state index contributed by atoms with van der Waals surface area (Å²) >= 11 is 0. The molecule has 0 unspecified atom stereocenters. The zero-order valence-corrected chi connectivity index (χ0v) is 14.9. The molecule has 0 saturated carbocycles. The summed E-state index contributed by atoms with van der Waals surface area (Å²) in [6, 6.07) is 13.9. The Bertz CT molecular complexity index is 1130. The van der Waals surface area contributed by atoms with Crippen LogP contribution in [0.15, 0.2) is 48.5 Å². The molecule has 0 bridgehead atoms. The van der Waals surface area contributed by atoms with Gasteiger partial charge in [-0.1, -0.05) is 24.3 Å². The van der Waals surface area contributed by atoms with Gasteiger partial charge in [0.05, 0.1) is 13.7 Å². The van der Waals surface area contributed by atoms with Crippen LogP contribution < -0.4 is 4.74 Å². The molecule has 3 aromatic rings. The van der Waals surface area contributed by atoms with Gasteiger partial charge in [-0.05, 0) is 42.0 Å². The van der Waals surface area contributed by atoms with Crippen LogP contribution in [0.2, 0.25) is 0 Å². The molecule has 0 N–H and O–H groups in total. The number of fused-ring (bicyclic) bond motifs is 3. The fraction of sp³-hybridized carbons (Fsp3) is 0.136. The highest BCUT2D eigenvalue weighted by atomic mass is 16.5. The summed E-state index contributed by atoms with van der Waals surface area (Å²) in [5.74, 6) is -0.944. The molecule has 5 nitrogen and oxygen atoms in total. The Hall–Kier alpha value is -3.47. The highest BCUT2D eigenvalue weighted by molar-refractivity contribution is 6.30. The Morgan fingerprint density at radius 1 is 0.852 bits per heavy atom. The van der Waals surface area contributed by atoms with E-state index in [9.17, 15) is 14.4 Å². The van der Waals surface area contributed by atoms with Crippen molar-refractivity contribution in [3.63, 3.8) is 0 Å². The van der Waals surface area contributed by atoms with Gasteiger partial charge in [0.15, 0.2) is 11.6 Å². The van der Waals surface area contributed by atoms with Crippen molar-refractivity contribution in [2.75, 3.05) is 13.7 Å². The molecule has 0 spiro atoms. The molecule has 4 rings (SSSR count). The van der Waals surface area contributed by atoms with Gasteiger partial charge in [0.2, 0.25) is 0 Å². The molecular formula is C22H16O5. The van der Waals surface area contributed by atoms with Gasteiger partial charge in [0.1, 0.15) is 11.3 Å². The van der Waals surface area contributed by atoms with Crippen molar-refractivity contribution in [1.82, 2.24) is 0 Å². The molecular weight excluding hydrogens is 344 g/mol. The number of carbonyl (C=O) groups is 3. The van der Waals surface area contributed by atoms with Crippen molar-refractivity contribution in [1.29, 1.82) is 0 Å². The fourth-order valence-corrected chi connectivity index (χ4v) is 3.41. The molecule has 0 saturated heterocycles. The second kappa shape index (κ2) is 6.36. The maximum absolute atomic E-state index is 13.1. The third-order valence-electron chi connectivity index (χ3n) is 4.69. The number of benzene rings is 3. The lowest BCUT2D eigenvalue weighted by Crippen LogP contribution is -2.22. The molecule has 5 heteroatoms. The van der Waals surface area contributed by atoms with Crippen LogP contribution in [0.4, 0.5) is 0 Å². The smallest absolute Gasteiger partial charge is 0.341 e. The van der Waals surface area contributed by atoms with Crippen LogP contribution in [0.3, 0.4) is 0 Å². The molecule has 27 heavy (non-hydrogen) atoms. The molecule has 0 heterocycles. The van der Waals surface area contributed by atoms with E-state index in [0.29, 0.717) is 17.7 Å². The highest BCUT2D eigenvalue weighted by Gasteiger charge is 2.32. The predicted molar refractivity (Wildman–Crippen MR) is 99.8 cm³/mol. The zero-order valence-electron chi connectivity index (χ0n) is 14.9. The lowest BCUT2D eigenvalue weighted by molar-refractivity contribution is 0.0596. The summed E-state index contributed by atoms with van der Waals surface area (Å²) in [4.78, 5) is 38.3. The number of hydrogen-bond donors (Lipinski definition) is 0. The first-order valence-electron chi connectivity index (χ1n) is 8.56. The van der Waals surface area contributed by atoms with E-state index in [1.807, 2.05) is 24.3 Å². The van der Waals surface area contributed by atoms with Gasteiger partial charge in [-0.25, -0.2) is 4.79 Å². The molecule has 0 amide bonds. The van der Waals surface area contributed by atoms with Gasteiger partial charge < -0.3 is 9.47 Å². The van der Waals surface area contributed by atoms with Crippen LogP contribution in [0.5, 0.6) is 5.75 Å². The lowest BCUT2D eigenvalue weighted by atomic mass is 9.82. The van der Waals surface area contributed by atoms with E-state index in [-0.39, 0.29) is 34.0 Å². The van der Waals surface area contributed by atoms with Gasteiger partial charge in [0, 0.05) is 22.3 Å². The predicted octanol–water partition coefficient (Wildman–Crippen LogP) is 3.80. The monoisotopic (exact) mass is 360 g/mol. The topological polar surface area (TPSA) is 69.7 Å². The SMILES string of the molecule is CCOc1cc2c(cc1C(=O)OC)C(=O)c1cc3ccccc3cc1C2=O. The number of esters is 1. The summed E-state index contributed by atoms with van der Waals surface area (Å²) in [6.07, 6.45) is 0. The van der Waals surface area contributed by atoms with Crippen LogP contribution in [-0.4, -0.2) is 31.3 Å². The van der Waals surface area contributed by atoms with Crippen LogP contribution in [-0.2, 0) is 4.74 Å². The first kappa shape index (κ1) is 17.0. The molecule has 3 aromatic carbocycles. The molecule has 0 radical (unpaired) electrons. The molecule has 1 aliphatic rings. The summed E-state index contributed by atoms with van der Waals surface area (Å²) in [7, 11) is 1.26. The Morgan fingerprint density at radius 3 is 1.89 bits per heavy atom. The Balaban J connectivity index is 1.96. The zero-order chi connectivity index (χ0) is 19.1. The number of ether oxygens (including phenoxy) is 2. The van der Waals surface area contributed by atoms with Gasteiger partial charge >= 0.3 is 5.97 Å². The second-order valence-corrected chi connectivity index (χ2v) is 6.22. The number of methoxy groups -OCH3 is 1. The molecule has 1 aliphatic carbocycles. The minimum absolute atomic E-state index is 0.128. The van der Waals surface area contributed by atoms with E-state index in [4.69, 9.17) is 9.47 Å². The minimum Gasteiger partial charge on any atom is -0.493 e. The van der Waals surface area contributed by atoms with Crippen LogP contribution in [0, 0.1) is 0 Å². The standard InChI is InChI=1S/C22H16O5/c1-3-27-19-11-17-16(10-18(19)22(25)26-2)20(23)14-8-12-6-4-5-7-13(12)9-15(14)21(17)24/h4-11H,3H2,1-2H3. The van der Waals surface area contributed by atoms with E-state index in [0.717, 1.165) is 10.8 Å². The van der Waals surface area contributed by atoms with Gasteiger partial charge in [-0.3, -0.25) is 9.59 Å². The van der Waals surface area contributed by atoms with Crippen molar-refractivity contribution in [2.24, 2.45) is 0 Å². The number of hydrogen-bond acceptors (Lipinski definition) is 5. The number of carbonyl (C=O) groups excluding carboxylic acids is 3. The quantitative estimate of drug-likeness (QED) is 0.520. The minimum atomic E-state index is -0.620. The Labute approximate surface area is 155 Å². The Morgan fingerprint density at radius 2 is 1.37 bits per heavy atom. The van der Waals surface area contributed by atoms with Gasteiger partial charge in [-0.2, -0.15) is 0 Å². The van der Waals surface area contributed by atoms with E-state index in [2.05, 4.69) is 0 Å². The van der Waals surface area contributed by atoms with Crippen molar-refractivity contribution in [3.8, 4) is 5.75 Å². The third-order valence-corrected chi connectivity index (χ3v) is 4.69. The van der Waals surface area contributed by atoms with Gasteiger partial charge in [-0.15, -0.1) is 0 Å². The Kier molecular flexibility index (Phi) is 4.00. The maximum Gasteiger partial charge on any atom is 0.341 e. The van der Waals surface area contributed by atoms with E-state index >= 15 is 0 Å². The van der Waals surface area contributed by atoms with Crippen LogP contribution >= 0.6 is 0 Å². The highest BCUT2D eigenvalue weighted by Crippen LogP contribution is 2.34. The summed E-state index contributed by atoms with van der Waals surface area (Å²) in [5, 5.41) is 1.76. The van der Waals surface area contributed by atoms with Crippen molar-refractivity contribution >= 4 is 28.3 Å². The molecule has 0 atom stereocenters. The summed E-state index contributed by atoms with van der Waals surface area (Å²) in [5.41, 5.74) is 1.25. The van der Waals surface area contributed by atoms with Gasteiger partial charge in [0.25, 0.3) is 0 Å². The van der Waals surface area contributed by atoms with Crippen LogP contribution in [0.1, 0.15) is 49.1 Å². The average molecular weight is 360 g/mol. The molecule has 0 fully saturated rings. The molecule has 0 aromatic heterocycles. The van der Waals surface area contributed by atoms with Crippen molar-refractivity contribution < 1.29 is 23.9 Å². The van der Waals surface area contributed by atoms with E-state index in [1.165, 1.54) is 19.2 Å². The first-order chi connectivity index (χ1) is 13.0. The van der Waals surface area contributed by atoms with Crippen molar-refractivity contribution in [3.05, 3.63) is 76.3 Å². The lowest BCUT2D eigenvalue weighted by Gasteiger charge is -2.20. The van der Waals surface area contributed by atoms with Crippen LogP contribution in [0.25, 0.3) is 10.8 Å². The largest absolute Gasteiger partial charge is 0.493 e. The molecule has 134 valence electrons. The third kappa shape index (κ3) is 2.59. The fourth-order valence-electron chi connectivity index (χ4n) is 3.41.